The third-order valence-electron chi connectivity index (χ3n) is 8.33. The van der Waals surface area contributed by atoms with Gasteiger partial charge in [-0.15, -0.1) is 0 Å². The predicted octanol–water partition coefficient (Wildman–Crippen LogP) is 5.55. The summed E-state index contributed by atoms with van der Waals surface area (Å²) in [6, 6.07) is 18.1. The Balaban J connectivity index is 0.994. The number of nitrogens with zero attached hydrogens (tertiary/aromatic N) is 3. The fraction of sp³-hybridized carbons (Fsp3) is 0.312. The van der Waals surface area contributed by atoms with Gasteiger partial charge in [-0.3, -0.25) is 0 Å². The Morgan fingerprint density at radius 2 is 1.83 bits per heavy atom. The fourth-order valence-electron chi connectivity index (χ4n) is 6.30. The molecular formula is C32H33N5O4. The summed E-state index contributed by atoms with van der Waals surface area (Å²) < 4.78 is 25.4. The summed E-state index contributed by atoms with van der Waals surface area (Å²) in [6.45, 7) is 2.71. The molecule has 5 aromatic rings. The average Bonchev–Trinajstić information content (AvgIpc) is 3.71. The maximum absolute atomic E-state index is 6.34. The Bertz CT molecular complexity index is 1710. The lowest BCUT2D eigenvalue weighted by Gasteiger charge is -2.44. The molecular weight excluding hydrogens is 518 g/mol. The van der Waals surface area contributed by atoms with Crippen LogP contribution in [-0.4, -0.2) is 53.9 Å². The van der Waals surface area contributed by atoms with Gasteiger partial charge >= 0.3 is 0 Å². The first-order valence-corrected chi connectivity index (χ1v) is 13.8. The maximum Gasteiger partial charge on any atom is 0.136 e. The number of rotatable bonds is 11. The van der Waals surface area contributed by atoms with E-state index in [9.17, 15) is 0 Å². The Morgan fingerprint density at radius 3 is 2.71 bits per heavy atom. The molecule has 1 saturated carbocycles. The van der Waals surface area contributed by atoms with Crippen LogP contribution in [0.15, 0.2) is 79.4 Å². The summed E-state index contributed by atoms with van der Waals surface area (Å²) in [5, 5.41) is 9.35. The first kappa shape index (κ1) is 25.5. The topological polar surface area (TPSA) is 91.2 Å². The lowest BCUT2D eigenvalue weighted by molar-refractivity contribution is -0.0134. The van der Waals surface area contributed by atoms with Crippen molar-refractivity contribution in [2.75, 3.05) is 44.6 Å². The summed E-state index contributed by atoms with van der Waals surface area (Å²) in [5.74, 6) is 3.22. The second-order valence-corrected chi connectivity index (χ2v) is 11.1. The van der Waals surface area contributed by atoms with Crippen LogP contribution in [0, 0.1) is 5.41 Å². The van der Waals surface area contributed by atoms with E-state index in [1.165, 1.54) is 0 Å². The molecule has 2 aliphatic heterocycles. The first-order valence-electron chi connectivity index (χ1n) is 13.8. The molecule has 5 heterocycles. The molecule has 2 N–H and O–H groups in total. The molecule has 2 bridgehead atoms. The molecule has 2 saturated heterocycles. The molecule has 0 atom stereocenters. The SMILES string of the molecule is COc1ccc(CNc2nccc3c(NCC45CC(COc6ccc7nccn7c6)(CO4)C5)cccc23)c(OC)c1. The maximum atomic E-state index is 6.34. The zero-order valence-electron chi connectivity index (χ0n) is 23.2. The predicted molar refractivity (Wildman–Crippen MR) is 158 cm³/mol. The van der Waals surface area contributed by atoms with Gasteiger partial charge in [0.15, 0.2) is 0 Å². The van der Waals surface area contributed by atoms with E-state index in [0.29, 0.717) is 13.2 Å². The monoisotopic (exact) mass is 551 g/mol. The normalized spacial score (nSPS) is 21.0. The van der Waals surface area contributed by atoms with E-state index in [1.54, 1.807) is 20.4 Å². The fourth-order valence-corrected chi connectivity index (χ4v) is 6.30. The Morgan fingerprint density at radius 1 is 0.927 bits per heavy atom. The third-order valence-corrected chi connectivity index (χ3v) is 8.33. The minimum absolute atomic E-state index is 0.0772. The average molecular weight is 552 g/mol. The van der Waals surface area contributed by atoms with Crippen molar-refractivity contribution in [2.45, 2.75) is 25.0 Å². The molecule has 0 spiro atoms. The van der Waals surface area contributed by atoms with Gasteiger partial charge in [0.1, 0.15) is 28.7 Å². The third kappa shape index (κ3) is 4.76. The lowest BCUT2D eigenvalue weighted by Crippen LogP contribution is -2.51. The summed E-state index contributed by atoms with van der Waals surface area (Å²) in [5.41, 5.74) is 2.94. The van der Waals surface area contributed by atoms with Gasteiger partial charge in [-0.1, -0.05) is 12.1 Å². The van der Waals surface area contributed by atoms with Crippen molar-refractivity contribution in [3.05, 3.63) is 84.9 Å². The molecule has 9 heteroatoms. The number of nitrogens with one attached hydrogen (secondary N) is 2. The molecule has 9 nitrogen and oxygen atoms in total. The van der Waals surface area contributed by atoms with Gasteiger partial charge in [-0.25, -0.2) is 9.97 Å². The summed E-state index contributed by atoms with van der Waals surface area (Å²) in [7, 11) is 3.32. The van der Waals surface area contributed by atoms with E-state index in [2.05, 4.69) is 44.9 Å². The van der Waals surface area contributed by atoms with Crippen LogP contribution >= 0.6 is 0 Å². The van der Waals surface area contributed by atoms with Gasteiger partial charge in [0, 0.05) is 65.2 Å². The summed E-state index contributed by atoms with van der Waals surface area (Å²) in [4.78, 5) is 8.93. The van der Waals surface area contributed by atoms with E-state index >= 15 is 0 Å². The second kappa shape index (κ2) is 10.2. The lowest BCUT2D eigenvalue weighted by atomic mass is 9.63. The van der Waals surface area contributed by atoms with Crippen LogP contribution < -0.4 is 24.8 Å². The van der Waals surface area contributed by atoms with Crippen molar-refractivity contribution < 1.29 is 18.9 Å². The van der Waals surface area contributed by atoms with Crippen LogP contribution in [0.5, 0.6) is 17.2 Å². The van der Waals surface area contributed by atoms with Gasteiger partial charge in [-0.2, -0.15) is 0 Å². The second-order valence-electron chi connectivity index (χ2n) is 11.1. The number of imidazole rings is 1. The molecule has 8 rings (SSSR count). The number of hydrogen-bond donors (Lipinski definition) is 2. The van der Waals surface area contributed by atoms with E-state index in [1.807, 2.05) is 53.3 Å². The molecule has 0 unspecified atom stereocenters. The molecule has 2 aromatic carbocycles. The van der Waals surface area contributed by atoms with Gasteiger partial charge in [0.2, 0.25) is 0 Å². The van der Waals surface area contributed by atoms with Crippen molar-refractivity contribution in [2.24, 2.45) is 5.41 Å². The van der Waals surface area contributed by atoms with Gasteiger partial charge in [0.25, 0.3) is 0 Å². The highest BCUT2D eigenvalue weighted by molar-refractivity contribution is 5.99. The number of hydrogen-bond acceptors (Lipinski definition) is 8. The van der Waals surface area contributed by atoms with E-state index < -0.39 is 0 Å². The van der Waals surface area contributed by atoms with Crippen LogP contribution in [0.1, 0.15) is 18.4 Å². The van der Waals surface area contributed by atoms with E-state index in [-0.39, 0.29) is 11.0 Å². The number of anilines is 2. The van der Waals surface area contributed by atoms with Crippen LogP contribution in [0.3, 0.4) is 0 Å². The number of pyridine rings is 2. The van der Waals surface area contributed by atoms with E-state index in [0.717, 1.165) is 76.7 Å². The molecule has 3 aliphatic rings. The van der Waals surface area contributed by atoms with Crippen molar-refractivity contribution in [1.82, 2.24) is 14.4 Å². The molecule has 0 amide bonds. The smallest absolute Gasteiger partial charge is 0.136 e. The highest BCUT2D eigenvalue weighted by atomic mass is 16.5. The van der Waals surface area contributed by atoms with Gasteiger partial charge < -0.3 is 34.0 Å². The molecule has 41 heavy (non-hydrogen) atoms. The van der Waals surface area contributed by atoms with Crippen LogP contribution in [0.4, 0.5) is 11.5 Å². The minimum atomic E-state index is -0.154. The standard InChI is InChI=1S/C32H33N5O4/c1-38-23-7-6-22(28(14-23)39-2)15-35-30-26-4-3-5-27(25(26)10-11-34-30)36-19-32-17-31(18-32,21-41-32)20-40-24-8-9-29-33-12-13-37(29)16-24/h3-14,16,36H,15,17-21H2,1-2H3,(H,34,35). The largest absolute Gasteiger partial charge is 0.497 e. The van der Waals surface area contributed by atoms with Crippen LogP contribution in [0.25, 0.3) is 16.4 Å². The van der Waals surface area contributed by atoms with Crippen molar-refractivity contribution in [3.8, 4) is 17.2 Å². The van der Waals surface area contributed by atoms with E-state index in [4.69, 9.17) is 18.9 Å². The number of ether oxygens (including phenoxy) is 4. The van der Waals surface area contributed by atoms with Crippen LogP contribution in [-0.2, 0) is 11.3 Å². The number of fused-ring (bicyclic) bond motifs is 3. The Labute approximate surface area is 238 Å². The highest BCUT2D eigenvalue weighted by Gasteiger charge is 2.62. The van der Waals surface area contributed by atoms with Crippen LogP contribution in [0.2, 0.25) is 0 Å². The summed E-state index contributed by atoms with van der Waals surface area (Å²) >= 11 is 0. The van der Waals surface area contributed by atoms with Crippen molar-refractivity contribution in [3.63, 3.8) is 0 Å². The minimum Gasteiger partial charge on any atom is -0.497 e. The first-order chi connectivity index (χ1) is 20.1. The zero-order valence-corrected chi connectivity index (χ0v) is 23.2. The summed E-state index contributed by atoms with van der Waals surface area (Å²) in [6.07, 6.45) is 9.53. The number of aromatic nitrogens is 3. The number of methoxy groups -OCH3 is 2. The quantitative estimate of drug-likeness (QED) is 0.221. The van der Waals surface area contributed by atoms with Gasteiger partial charge in [-0.05, 0) is 49.2 Å². The molecule has 210 valence electrons. The molecule has 3 fully saturated rings. The highest BCUT2D eigenvalue weighted by Crippen LogP contribution is 2.58. The Hall–Kier alpha value is -4.50. The van der Waals surface area contributed by atoms with Crippen molar-refractivity contribution >= 4 is 27.9 Å². The van der Waals surface area contributed by atoms with Crippen molar-refractivity contribution in [1.29, 1.82) is 0 Å². The molecule has 1 aliphatic carbocycles. The zero-order chi connectivity index (χ0) is 27.9. The van der Waals surface area contributed by atoms with Gasteiger partial charge in [0.05, 0.1) is 39.2 Å². The number of benzene rings is 2. The molecule has 3 aromatic heterocycles. The molecule has 0 radical (unpaired) electrons. The Kier molecular flexibility index (Phi) is 6.31.